The summed E-state index contributed by atoms with van der Waals surface area (Å²) < 4.78 is 5.47. The van der Waals surface area contributed by atoms with Gasteiger partial charge in [-0.2, -0.15) is 0 Å². The van der Waals surface area contributed by atoms with Crippen LogP contribution in [0.1, 0.15) is 53.0 Å². The number of hydrogen-bond acceptors (Lipinski definition) is 4. The fourth-order valence-corrected chi connectivity index (χ4v) is 3.11. The third kappa shape index (κ3) is 10.1. The summed E-state index contributed by atoms with van der Waals surface area (Å²) in [5.74, 6) is 0.364. The first kappa shape index (κ1) is 23.2. The molecule has 0 saturated carbocycles. The van der Waals surface area contributed by atoms with Crippen LogP contribution in [0.25, 0.3) is 0 Å². The van der Waals surface area contributed by atoms with Crippen molar-refractivity contribution in [1.82, 2.24) is 10.6 Å². The summed E-state index contributed by atoms with van der Waals surface area (Å²) in [5.41, 5.74) is 0.622. The molecule has 0 fully saturated rings. The molecule has 0 aromatic heterocycles. The lowest BCUT2D eigenvalue weighted by molar-refractivity contribution is -0.156. The highest BCUT2D eigenvalue weighted by molar-refractivity contribution is 5.81. The van der Waals surface area contributed by atoms with E-state index in [-0.39, 0.29) is 23.8 Å². The van der Waals surface area contributed by atoms with Crippen LogP contribution < -0.4 is 10.6 Å². The molecule has 2 atom stereocenters. The zero-order chi connectivity index (χ0) is 20.4. The number of esters is 1. The van der Waals surface area contributed by atoms with Crippen molar-refractivity contribution in [3.05, 3.63) is 35.9 Å². The molecule has 1 amide bonds. The van der Waals surface area contributed by atoms with Crippen molar-refractivity contribution in [2.75, 3.05) is 13.6 Å². The van der Waals surface area contributed by atoms with Crippen LogP contribution in [0.5, 0.6) is 0 Å². The Morgan fingerprint density at radius 3 is 2.26 bits per heavy atom. The van der Waals surface area contributed by atoms with E-state index in [4.69, 9.17) is 4.74 Å². The van der Waals surface area contributed by atoms with E-state index in [9.17, 15) is 9.59 Å². The fourth-order valence-electron chi connectivity index (χ4n) is 3.11. The molecule has 0 heterocycles. The van der Waals surface area contributed by atoms with Crippen LogP contribution in [-0.4, -0.2) is 37.1 Å². The second-order valence-corrected chi connectivity index (χ2v) is 8.55. The van der Waals surface area contributed by atoms with Crippen LogP contribution in [0.4, 0.5) is 0 Å². The Labute approximate surface area is 164 Å². The Hall–Kier alpha value is -1.88. The SMILES string of the molecule is CNC(=O)[C@H](Cc1ccccc1)NC[C@@H](CC(=O)OC(C)(C)C)CC(C)C. The molecule has 0 saturated heterocycles. The highest BCUT2D eigenvalue weighted by atomic mass is 16.6. The minimum absolute atomic E-state index is 0.0422. The molecule has 5 heteroatoms. The van der Waals surface area contributed by atoms with Gasteiger partial charge in [-0.3, -0.25) is 9.59 Å². The highest BCUT2D eigenvalue weighted by Crippen LogP contribution is 2.18. The number of nitrogens with one attached hydrogen (secondary N) is 2. The number of hydrogen-bond donors (Lipinski definition) is 2. The van der Waals surface area contributed by atoms with E-state index in [1.165, 1.54) is 0 Å². The van der Waals surface area contributed by atoms with Gasteiger partial charge in [0.25, 0.3) is 0 Å². The van der Waals surface area contributed by atoms with Crippen LogP contribution >= 0.6 is 0 Å². The van der Waals surface area contributed by atoms with E-state index in [1.807, 2.05) is 51.1 Å². The summed E-state index contributed by atoms with van der Waals surface area (Å²) in [6.07, 6.45) is 1.87. The topological polar surface area (TPSA) is 67.4 Å². The van der Waals surface area contributed by atoms with Crippen LogP contribution in [0.2, 0.25) is 0 Å². The lowest BCUT2D eigenvalue weighted by atomic mass is 9.93. The van der Waals surface area contributed by atoms with Crippen molar-refractivity contribution in [3.63, 3.8) is 0 Å². The summed E-state index contributed by atoms with van der Waals surface area (Å²) in [5, 5.41) is 6.10. The van der Waals surface area contributed by atoms with Crippen molar-refractivity contribution in [1.29, 1.82) is 0 Å². The third-order valence-corrected chi connectivity index (χ3v) is 4.18. The van der Waals surface area contributed by atoms with E-state index in [0.29, 0.717) is 25.3 Å². The van der Waals surface area contributed by atoms with Gasteiger partial charge in [0.1, 0.15) is 5.60 Å². The second-order valence-electron chi connectivity index (χ2n) is 8.55. The molecule has 1 aromatic rings. The summed E-state index contributed by atoms with van der Waals surface area (Å²) in [4.78, 5) is 24.5. The Kier molecular flexibility index (Phi) is 9.50. The molecule has 27 heavy (non-hydrogen) atoms. The summed E-state index contributed by atoms with van der Waals surface area (Å²) in [7, 11) is 1.65. The van der Waals surface area contributed by atoms with Crippen LogP contribution in [0.3, 0.4) is 0 Å². The number of rotatable bonds is 10. The lowest BCUT2D eigenvalue weighted by Crippen LogP contribution is -2.46. The Balaban J connectivity index is 2.72. The van der Waals surface area contributed by atoms with E-state index in [1.54, 1.807) is 7.05 Å². The van der Waals surface area contributed by atoms with Crippen LogP contribution in [0, 0.1) is 11.8 Å². The van der Waals surface area contributed by atoms with Gasteiger partial charge in [0, 0.05) is 13.5 Å². The molecule has 1 rings (SSSR count). The largest absolute Gasteiger partial charge is 0.460 e. The Bertz CT molecular complexity index is 579. The number of carbonyl (C=O) groups excluding carboxylic acids is 2. The number of amides is 1. The Morgan fingerprint density at radius 1 is 1.11 bits per heavy atom. The summed E-state index contributed by atoms with van der Waals surface area (Å²) in [6, 6.07) is 9.62. The van der Waals surface area contributed by atoms with Crippen molar-refractivity contribution in [2.24, 2.45) is 11.8 Å². The minimum atomic E-state index is -0.481. The molecule has 152 valence electrons. The van der Waals surface area contributed by atoms with Gasteiger partial charge in [0.15, 0.2) is 0 Å². The van der Waals surface area contributed by atoms with Crippen molar-refractivity contribution in [3.8, 4) is 0 Å². The van der Waals surface area contributed by atoms with E-state index in [0.717, 1.165) is 12.0 Å². The summed E-state index contributed by atoms with van der Waals surface area (Å²) >= 11 is 0. The highest BCUT2D eigenvalue weighted by Gasteiger charge is 2.24. The van der Waals surface area contributed by atoms with Gasteiger partial charge in [-0.1, -0.05) is 44.2 Å². The maximum atomic E-state index is 12.3. The van der Waals surface area contributed by atoms with E-state index in [2.05, 4.69) is 24.5 Å². The van der Waals surface area contributed by atoms with Crippen molar-refractivity contribution < 1.29 is 14.3 Å². The quantitative estimate of drug-likeness (QED) is 0.615. The zero-order valence-corrected chi connectivity index (χ0v) is 17.7. The first-order chi connectivity index (χ1) is 12.6. The van der Waals surface area contributed by atoms with E-state index >= 15 is 0 Å². The molecule has 0 unspecified atom stereocenters. The molecule has 0 spiro atoms. The molecule has 0 aliphatic rings. The zero-order valence-electron chi connectivity index (χ0n) is 17.7. The minimum Gasteiger partial charge on any atom is -0.460 e. The Morgan fingerprint density at radius 2 is 1.74 bits per heavy atom. The van der Waals surface area contributed by atoms with Gasteiger partial charge >= 0.3 is 5.97 Å². The fraction of sp³-hybridized carbons (Fsp3) is 0.636. The average Bonchev–Trinajstić information content (AvgIpc) is 2.56. The van der Waals surface area contributed by atoms with Gasteiger partial charge in [-0.15, -0.1) is 0 Å². The molecule has 0 bridgehead atoms. The van der Waals surface area contributed by atoms with Gasteiger partial charge in [0.05, 0.1) is 6.04 Å². The second kappa shape index (κ2) is 11.1. The molecule has 0 aliphatic carbocycles. The first-order valence-electron chi connectivity index (χ1n) is 9.81. The molecule has 0 aliphatic heterocycles. The molecular weight excluding hydrogens is 340 g/mol. The van der Waals surface area contributed by atoms with Gasteiger partial charge in [-0.25, -0.2) is 0 Å². The maximum absolute atomic E-state index is 12.3. The van der Waals surface area contributed by atoms with E-state index < -0.39 is 5.60 Å². The van der Waals surface area contributed by atoms with Gasteiger partial charge in [-0.05, 0) is 57.6 Å². The standard InChI is InChI=1S/C22H36N2O3/c1-16(2)12-18(14-20(25)27-22(3,4)5)15-24-19(21(26)23-6)13-17-10-8-7-9-11-17/h7-11,16,18-19,24H,12-15H2,1-6H3,(H,23,26)/t18-,19+/m1/s1. The smallest absolute Gasteiger partial charge is 0.306 e. The molecule has 5 nitrogen and oxygen atoms in total. The van der Waals surface area contributed by atoms with Gasteiger partial charge in [0.2, 0.25) is 5.91 Å². The molecular formula is C22H36N2O3. The van der Waals surface area contributed by atoms with Crippen molar-refractivity contribution in [2.45, 2.75) is 65.5 Å². The number of likely N-dealkylation sites (N-methyl/N-ethyl adjacent to an activating group) is 1. The first-order valence-corrected chi connectivity index (χ1v) is 9.81. The predicted octanol–water partition coefficient (Wildman–Crippen LogP) is 3.33. The predicted molar refractivity (Wildman–Crippen MR) is 109 cm³/mol. The average molecular weight is 377 g/mol. The lowest BCUT2D eigenvalue weighted by Gasteiger charge is -2.25. The number of benzene rings is 1. The van der Waals surface area contributed by atoms with Crippen molar-refractivity contribution >= 4 is 11.9 Å². The number of carbonyl (C=O) groups is 2. The number of ether oxygens (including phenoxy) is 1. The van der Waals surface area contributed by atoms with Crippen LogP contribution in [0.15, 0.2) is 30.3 Å². The third-order valence-electron chi connectivity index (χ3n) is 4.18. The molecule has 0 radical (unpaired) electrons. The molecule has 1 aromatic carbocycles. The summed E-state index contributed by atoms with van der Waals surface area (Å²) in [6.45, 7) is 10.5. The molecule has 2 N–H and O–H groups in total. The normalized spacial score (nSPS) is 13.9. The van der Waals surface area contributed by atoms with Crippen LogP contribution in [-0.2, 0) is 20.7 Å². The van der Waals surface area contributed by atoms with Gasteiger partial charge < -0.3 is 15.4 Å². The maximum Gasteiger partial charge on any atom is 0.306 e. The monoisotopic (exact) mass is 376 g/mol.